The van der Waals surface area contributed by atoms with Crippen LogP contribution in [-0.4, -0.2) is 37.4 Å². The summed E-state index contributed by atoms with van der Waals surface area (Å²) in [7, 11) is 1.48. The quantitative estimate of drug-likeness (QED) is 0.522. The fraction of sp³-hybridized carbons (Fsp3) is 0.938. The van der Waals surface area contributed by atoms with Crippen LogP contribution in [0, 0.1) is 0 Å². The van der Waals surface area contributed by atoms with Crippen LogP contribution in [0.5, 0.6) is 0 Å². The highest BCUT2D eigenvalue weighted by Gasteiger charge is 2.49. The SMILES string of the molecule is CCCCCCOC1CCC(NC2CC2)(C(=O)OC)C1. The van der Waals surface area contributed by atoms with Gasteiger partial charge >= 0.3 is 5.97 Å². The van der Waals surface area contributed by atoms with Gasteiger partial charge in [0.15, 0.2) is 0 Å². The number of esters is 1. The minimum atomic E-state index is -0.482. The van der Waals surface area contributed by atoms with E-state index >= 15 is 0 Å². The van der Waals surface area contributed by atoms with Crippen LogP contribution in [0.25, 0.3) is 0 Å². The lowest BCUT2D eigenvalue weighted by molar-refractivity contribution is -0.149. The van der Waals surface area contributed by atoms with Crippen molar-refractivity contribution in [2.45, 2.75) is 82.4 Å². The molecule has 20 heavy (non-hydrogen) atoms. The summed E-state index contributed by atoms with van der Waals surface area (Å²) in [5.41, 5.74) is -0.482. The molecule has 0 aromatic rings. The van der Waals surface area contributed by atoms with E-state index in [9.17, 15) is 4.79 Å². The molecule has 2 aliphatic carbocycles. The Kier molecular flexibility index (Phi) is 5.85. The van der Waals surface area contributed by atoms with Crippen LogP contribution in [0.1, 0.15) is 64.7 Å². The molecule has 2 atom stereocenters. The van der Waals surface area contributed by atoms with E-state index in [1.54, 1.807) is 0 Å². The maximum Gasteiger partial charge on any atom is 0.326 e. The Bertz CT molecular complexity index is 317. The van der Waals surface area contributed by atoms with E-state index in [4.69, 9.17) is 9.47 Å². The van der Waals surface area contributed by atoms with Gasteiger partial charge in [-0.1, -0.05) is 26.2 Å². The Balaban J connectivity index is 1.76. The number of carbonyl (C=O) groups excluding carboxylic acids is 1. The molecule has 1 N–H and O–H groups in total. The number of nitrogens with one attached hydrogen (secondary N) is 1. The number of methoxy groups -OCH3 is 1. The first-order valence-electron chi connectivity index (χ1n) is 8.18. The van der Waals surface area contributed by atoms with E-state index in [0.717, 1.165) is 32.3 Å². The molecule has 4 nitrogen and oxygen atoms in total. The molecule has 2 unspecified atom stereocenters. The molecule has 0 radical (unpaired) electrons. The number of carbonyl (C=O) groups is 1. The van der Waals surface area contributed by atoms with E-state index in [2.05, 4.69) is 12.2 Å². The molecule has 0 aliphatic heterocycles. The normalized spacial score (nSPS) is 29.6. The lowest BCUT2D eigenvalue weighted by Crippen LogP contribution is -2.52. The first kappa shape index (κ1) is 15.8. The van der Waals surface area contributed by atoms with Crippen molar-refractivity contribution >= 4 is 5.97 Å². The molecular weight excluding hydrogens is 254 g/mol. The highest BCUT2D eigenvalue weighted by atomic mass is 16.5. The predicted molar refractivity (Wildman–Crippen MR) is 78.6 cm³/mol. The van der Waals surface area contributed by atoms with Crippen molar-refractivity contribution in [2.24, 2.45) is 0 Å². The monoisotopic (exact) mass is 283 g/mol. The molecule has 116 valence electrons. The number of hydrogen-bond acceptors (Lipinski definition) is 4. The number of ether oxygens (including phenoxy) is 2. The van der Waals surface area contributed by atoms with Crippen LogP contribution in [0.4, 0.5) is 0 Å². The molecule has 2 rings (SSSR count). The van der Waals surface area contributed by atoms with Gasteiger partial charge in [0.25, 0.3) is 0 Å². The van der Waals surface area contributed by atoms with Gasteiger partial charge in [-0.05, 0) is 32.1 Å². The minimum Gasteiger partial charge on any atom is -0.468 e. The van der Waals surface area contributed by atoms with Gasteiger partial charge in [0, 0.05) is 19.1 Å². The second kappa shape index (κ2) is 7.41. The minimum absolute atomic E-state index is 0.110. The maximum absolute atomic E-state index is 12.1. The van der Waals surface area contributed by atoms with Gasteiger partial charge in [0.2, 0.25) is 0 Å². The van der Waals surface area contributed by atoms with Gasteiger partial charge in [0.1, 0.15) is 5.54 Å². The van der Waals surface area contributed by atoms with E-state index in [0.29, 0.717) is 6.04 Å². The maximum atomic E-state index is 12.1. The first-order valence-corrected chi connectivity index (χ1v) is 8.18. The molecule has 2 aliphatic rings. The van der Waals surface area contributed by atoms with Crippen LogP contribution in [-0.2, 0) is 14.3 Å². The van der Waals surface area contributed by atoms with Gasteiger partial charge in [0.05, 0.1) is 13.2 Å². The Morgan fingerprint density at radius 2 is 2.05 bits per heavy atom. The topological polar surface area (TPSA) is 47.6 Å². The van der Waals surface area contributed by atoms with Crippen molar-refractivity contribution < 1.29 is 14.3 Å². The average molecular weight is 283 g/mol. The van der Waals surface area contributed by atoms with Crippen LogP contribution in [0.15, 0.2) is 0 Å². The smallest absolute Gasteiger partial charge is 0.326 e. The third kappa shape index (κ3) is 4.19. The summed E-state index contributed by atoms with van der Waals surface area (Å²) in [6, 6.07) is 0.511. The third-order valence-corrected chi connectivity index (χ3v) is 4.45. The van der Waals surface area contributed by atoms with Crippen molar-refractivity contribution in [3.8, 4) is 0 Å². The Morgan fingerprint density at radius 1 is 1.25 bits per heavy atom. The standard InChI is InChI=1S/C16H29NO3/c1-3-4-5-6-11-20-14-9-10-16(12-14,15(18)19-2)17-13-7-8-13/h13-14,17H,3-12H2,1-2H3. The second-order valence-electron chi connectivity index (χ2n) is 6.29. The molecule has 0 saturated heterocycles. The van der Waals surface area contributed by atoms with Gasteiger partial charge in [-0.3, -0.25) is 10.1 Å². The van der Waals surface area contributed by atoms with E-state index in [1.165, 1.54) is 39.2 Å². The van der Waals surface area contributed by atoms with E-state index in [1.807, 2.05) is 0 Å². The molecule has 2 fully saturated rings. The fourth-order valence-electron chi connectivity index (χ4n) is 3.11. The van der Waals surface area contributed by atoms with Gasteiger partial charge in [-0.2, -0.15) is 0 Å². The van der Waals surface area contributed by atoms with Gasteiger partial charge < -0.3 is 9.47 Å². The lowest BCUT2D eigenvalue weighted by Gasteiger charge is -2.27. The number of unbranched alkanes of at least 4 members (excludes halogenated alkanes) is 3. The third-order valence-electron chi connectivity index (χ3n) is 4.45. The van der Waals surface area contributed by atoms with Crippen LogP contribution < -0.4 is 5.32 Å². The summed E-state index contributed by atoms with van der Waals surface area (Å²) in [5.74, 6) is -0.110. The Hall–Kier alpha value is -0.610. The predicted octanol–water partition coefficient (Wildman–Crippen LogP) is 2.80. The van der Waals surface area contributed by atoms with Crippen molar-refractivity contribution in [1.82, 2.24) is 5.32 Å². The summed E-state index contributed by atoms with van der Waals surface area (Å²) in [4.78, 5) is 12.1. The average Bonchev–Trinajstić information content (AvgIpc) is 3.17. The molecule has 0 aromatic heterocycles. The molecule has 0 aromatic carbocycles. The molecule has 0 spiro atoms. The van der Waals surface area contributed by atoms with Gasteiger partial charge in [-0.15, -0.1) is 0 Å². The van der Waals surface area contributed by atoms with Crippen LogP contribution >= 0.6 is 0 Å². The lowest BCUT2D eigenvalue weighted by atomic mass is 9.97. The zero-order chi connectivity index (χ0) is 14.4. The van der Waals surface area contributed by atoms with E-state index < -0.39 is 5.54 Å². The summed E-state index contributed by atoms with van der Waals surface area (Å²) in [6.45, 7) is 3.04. The second-order valence-corrected chi connectivity index (χ2v) is 6.29. The van der Waals surface area contributed by atoms with Crippen molar-refractivity contribution in [2.75, 3.05) is 13.7 Å². The number of hydrogen-bond donors (Lipinski definition) is 1. The highest BCUT2D eigenvalue weighted by molar-refractivity contribution is 5.81. The Labute approximate surface area is 122 Å². The van der Waals surface area contributed by atoms with Crippen LogP contribution in [0.2, 0.25) is 0 Å². The zero-order valence-corrected chi connectivity index (χ0v) is 13.0. The zero-order valence-electron chi connectivity index (χ0n) is 13.0. The molecule has 0 heterocycles. The molecule has 0 amide bonds. The molecular formula is C16H29NO3. The highest BCUT2D eigenvalue weighted by Crippen LogP contribution is 2.36. The Morgan fingerprint density at radius 3 is 2.70 bits per heavy atom. The van der Waals surface area contributed by atoms with E-state index in [-0.39, 0.29) is 12.1 Å². The summed E-state index contributed by atoms with van der Waals surface area (Å²) >= 11 is 0. The van der Waals surface area contributed by atoms with Gasteiger partial charge in [-0.25, -0.2) is 0 Å². The number of rotatable bonds is 9. The summed E-state index contributed by atoms with van der Waals surface area (Å²) in [6.07, 6.45) is 10.0. The summed E-state index contributed by atoms with van der Waals surface area (Å²) < 4.78 is 11.0. The van der Waals surface area contributed by atoms with Crippen molar-refractivity contribution in [1.29, 1.82) is 0 Å². The molecule has 0 bridgehead atoms. The van der Waals surface area contributed by atoms with Crippen molar-refractivity contribution in [3.63, 3.8) is 0 Å². The van der Waals surface area contributed by atoms with Crippen LogP contribution in [0.3, 0.4) is 0 Å². The molecule has 4 heteroatoms. The largest absolute Gasteiger partial charge is 0.468 e. The van der Waals surface area contributed by atoms with Crippen molar-refractivity contribution in [3.05, 3.63) is 0 Å². The molecule has 2 saturated carbocycles. The summed E-state index contributed by atoms with van der Waals surface area (Å²) in [5, 5.41) is 3.50. The first-order chi connectivity index (χ1) is 9.70. The fourth-order valence-corrected chi connectivity index (χ4v) is 3.11.